The van der Waals surface area contributed by atoms with E-state index < -0.39 is 0 Å². The van der Waals surface area contributed by atoms with Crippen LogP contribution >= 0.6 is 11.5 Å². The Hall–Kier alpha value is -2.09. The number of hydrogen-bond donors (Lipinski definition) is 0. The molecule has 1 aliphatic heterocycles. The van der Waals surface area contributed by atoms with Gasteiger partial charge in [0.25, 0.3) is 0 Å². The van der Waals surface area contributed by atoms with Gasteiger partial charge in [-0.15, -0.1) is 0 Å². The first-order chi connectivity index (χ1) is 12.3. The summed E-state index contributed by atoms with van der Waals surface area (Å²) in [4.78, 5) is 13.9. The van der Waals surface area contributed by atoms with Crippen LogP contribution < -0.4 is 4.90 Å². The van der Waals surface area contributed by atoms with Crippen LogP contribution in [0.25, 0.3) is 10.8 Å². The van der Waals surface area contributed by atoms with Crippen molar-refractivity contribution in [3.05, 3.63) is 48.0 Å². The molecule has 4 rings (SSSR count). The van der Waals surface area contributed by atoms with E-state index in [0.29, 0.717) is 6.61 Å². The van der Waals surface area contributed by atoms with Crippen molar-refractivity contribution >= 4 is 27.4 Å². The molecule has 1 aliphatic rings. The second-order valence-electron chi connectivity index (χ2n) is 6.17. The maximum absolute atomic E-state index is 5.10. The summed E-state index contributed by atoms with van der Waals surface area (Å²) in [5.74, 6) is 0.768. The highest BCUT2D eigenvalue weighted by Crippen LogP contribution is 2.21. The van der Waals surface area contributed by atoms with E-state index in [1.165, 1.54) is 22.3 Å². The van der Waals surface area contributed by atoms with Crippen LogP contribution in [0.5, 0.6) is 0 Å². The highest BCUT2D eigenvalue weighted by Gasteiger charge is 2.21. The summed E-state index contributed by atoms with van der Waals surface area (Å²) >= 11 is 1.46. The average Bonchev–Trinajstić information content (AvgIpc) is 3.12. The van der Waals surface area contributed by atoms with Crippen molar-refractivity contribution in [3.63, 3.8) is 0 Å². The fourth-order valence-electron chi connectivity index (χ4n) is 3.18. The smallest absolute Gasteiger partial charge is 0.205 e. The van der Waals surface area contributed by atoms with E-state index in [2.05, 4.69) is 54.5 Å². The first-order valence-corrected chi connectivity index (χ1v) is 9.22. The minimum atomic E-state index is 0.475. The van der Waals surface area contributed by atoms with E-state index in [4.69, 9.17) is 4.74 Å². The van der Waals surface area contributed by atoms with Gasteiger partial charge in [0.1, 0.15) is 6.61 Å². The molecule has 0 amide bonds. The number of nitrogens with zero attached hydrogens (tertiary/aromatic N) is 5. The fraction of sp³-hybridized carbons (Fsp3) is 0.389. The normalized spacial score (nSPS) is 15.8. The monoisotopic (exact) mass is 355 g/mol. The SMILES string of the molecule is COCc1nsc(N2CCN(Cc3nccc4ccccc34)CC2)n1. The number of rotatable bonds is 5. The van der Waals surface area contributed by atoms with Crippen LogP contribution in [0.3, 0.4) is 0 Å². The molecule has 1 aromatic carbocycles. The Morgan fingerprint density at radius 1 is 1.12 bits per heavy atom. The van der Waals surface area contributed by atoms with Crippen molar-refractivity contribution < 1.29 is 4.74 Å². The van der Waals surface area contributed by atoms with E-state index in [1.807, 2.05) is 6.20 Å². The Morgan fingerprint density at radius 3 is 2.80 bits per heavy atom. The van der Waals surface area contributed by atoms with Crippen LogP contribution in [-0.2, 0) is 17.9 Å². The Bertz CT molecular complexity index is 839. The van der Waals surface area contributed by atoms with Crippen LogP contribution in [0.2, 0.25) is 0 Å². The van der Waals surface area contributed by atoms with Crippen LogP contribution in [0, 0.1) is 0 Å². The molecule has 0 atom stereocenters. The van der Waals surface area contributed by atoms with Crippen molar-refractivity contribution in [2.75, 3.05) is 38.2 Å². The van der Waals surface area contributed by atoms with Crippen molar-refractivity contribution in [2.24, 2.45) is 0 Å². The lowest BCUT2D eigenvalue weighted by molar-refractivity contribution is 0.179. The highest BCUT2D eigenvalue weighted by molar-refractivity contribution is 7.09. The standard InChI is InChI=1S/C18H21N5OS/c1-24-13-17-20-18(25-21-17)23-10-8-22(9-11-23)12-16-15-5-3-2-4-14(15)6-7-19-16/h2-7H,8-13H2,1H3. The molecule has 0 spiro atoms. The summed E-state index contributed by atoms with van der Waals surface area (Å²) in [5.41, 5.74) is 1.16. The Balaban J connectivity index is 1.40. The van der Waals surface area contributed by atoms with Gasteiger partial charge in [-0.1, -0.05) is 24.3 Å². The van der Waals surface area contributed by atoms with Crippen molar-refractivity contribution in [1.82, 2.24) is 19.2 Å². The zero-order valence-electron chi connectivity index (χ0n) is 14.3. The average molecular weight is 355 g/mol. The Morgan fingerprint density at radius 2 is 1.96 bits per heavy atom. The molecule has 0 N–H and O–H groups in total. The molecule has 0 aliphatic carbocycles. The summed E-state index contributed by atoms with van der Waals surface area (Å²) in [6.07, 6.45) is 1.91. The van der Waals surface area contributed by atoms with Crippen molar-refractivity contribution in [2.45, 2.75) is 13.2 Å². The molecule has 0 radical (unpaired) electrons. The maximum atomic E-state index is 5.10. The first-order valence-electron chi connectivity index (χ1n) is 8.45. The van der Waals surface area contributed by atoms with Gasteiger partial charge in [-0.05, 0) is 11.5 Å². The lowest BCUT2D eigenvalue weighted by atomic mass is 10.1. The number of fused-ring (bicyclic) bond motifs is 1. The summed E-state index contributed by atoms with van der Waals surface area (Å²) in [6, 6.07) is 10.5. The van der Waals surface area contributed by atoms with Gasteiger partial charge in [0.15, 0.2) is 5.82 Å². The minimum absolute atomic E-state index is 0.475. The summed E-state index contributed by atoms with van der Waals surface area (Å²) in [7, 11) is 1.67. The van der Waals surface area contributed by atoms with Crippen LogP contribution in [0.4, 0.5) is 5.13 Å². The number of hydrogen-bond acceptors (Lipinski definition) is 7. The highest BCUT2D eigenvalue weighted by atomic mass is 32.1. The maximum Gasteiger partial charge on any atom is 0.205 e. The molecule has 0 saturated carbocycles. The third-order valence-electron chi connectivity index (χ3n) is 4.50. The predicted octanol–water partition coefficient (Wildman–Crippen LogP) is 2.55. The molecule has 6 nitrogen and oxygen atoms in total. The van der Waals surface area contributed by atoms with Gasteiger partial charge in [0, 0.05) is 62.9 Å². The van der Waals surface area contributed by atoms with E-state index >= 15 is 0 Å². The van der Waals surface area contributed by atoms with Gasteiger partial charge in [0.05, 0.1) is 5.69 Å². The van der Waals surface area contributed by atoms with Crippen molar-refractivity contribution in [3.8, 4) is 0 Å². The van der Waals surface area contributed by atoms with Crippen LogP contribution in [0.1, 0.15) is 11.5 Å². The van der Waals surface area contributed by atoms with Crippen molar-refractivity contribution in [1.29, 1.82) is 0 Å². The van der Waals surface area contributed by atoms with Gasteiger partial charge in [0.2, 0.25) is 5.13 Å². The molecule has 0 unspecified atom stereocenters. The van der Waals surface area contributed by atoms with Crippen LogP contribution in [-0.4, -0.2) is 52.5 Å². The van der Waals surface area contributed by atoms with Crippen LogP contribution in [0.15, 0.2) is 36.5 Å². The molecule has 3 heterocycles. The lowest BCUT2D eigenvalue weighted by Gasteiger charge is -2.34. The molecule has 1 saturated heterocycles. The molecule has 1 fully saturated rings. The number of benzene rings is 1. The third-order valence-corrected chi connectivity index (χ3v) is 5.32. The number of piperazine rings is 1. The van der Waals surface area contributed by atoms with E-state index in [0.717, 1.165) is 49.4 Å². The van der Waals surface area contributed by atoms with Gasteiger partial charge in [-0.25, -0.2) is 4.98 Å². The predicted molar refractivity (Wildman–Crippen MR) is 99.9 cm³/mol. The van der Waals surface area contributed by atoms with E-state index in [-0.39, 0.29) is 0 Å². The lowest BCUT2D eigenvalue weighted by Crippen LogP contribution is -2.46. The Kier molecular flexibility index (Phi) is 4.87. The first kappa shape index (κ1) is 16.4. The zero-order valence-corrected chi connectivity index (χ0v) is 15.1. The van der Waals surface area contributed by atoms with Gasteiger partial charge in [-0.3, -0.25) is 9.88 Å². The molecular formula is C18H21N5OS. The van der Waals surface area contributed by atoms with E-state index in [9.17, 15) is 0 Å². The zero-order chi connectivity index (χ0) is 17.1. The third kappa shape index (κ3) is 3.63. The molecule has 2 aromatic heterocycles. The van der Waals surface area contributed by atoms with Gasteiger partial charge < -0.3 is 9.64 Å². The minimum Gasteiger partial charge on any atom is -0.377 e. The second kappa shape index (κ2) is 7.43. The molecule has 0 bridgehead atoms. The summed E-state index contributed by atoms with van der Waals surface area (Å²) in [5, 5.41) is 3.50. The molecular weight excluding hydrogens is 334 g/mol. The van der Waals surface area contributed by atoms with Gasteiger partial charge >= 0.3 is 0 Å². The number of aromatic nitrogens is 3. The quantitative estimate of drug-likeness (QED) is 0.701. The number of ether oxygens (including phenoxy) is 1. The number of methoxy groups -OCH3 is 1. The van der Waals surface area contributed by atoms with Gasteiger partial charge in [-0.2, -0.15) is 4.37 Å². The number of anilines is 1. The second-order valence-corrected chi connectivity index (χ2v) is 6.90. The molecule has 3 aromatic rings. The largest absolute Gasteiger partial charge is 0.377 e. The molecule has 25 heavy (non-hydrogen) atoms. The number of pyridine rings is 1. The fourth-order valence-corrected chi connectivity index (χ4v) is 3.90. The molecule has 130 valence electrons. The summed E-state index contributed by atoms with van der Waals surface area (Å²) in [6.45, 7) is 5.30. The summed E-state index contributed by atoms with van der Waals surface area (Å²) < 4.78 is 9.44. The van der Waals surface area contributed by atoms with E-state index in [1.54, 1.807) is 7.11 Å². The Labute approximate surface area is 151 Å². The molecule has 7 heteroatoms. The topological polar surface area (TPSA) is 54.4 Å².